The molecule has 0 aliphatic heterocycles. The van der Waals surface area contributed by atoms with E-state index in [1.807, 2.05) is 6.20 Å². The van der Waals surface area contributed by atoms with Crippen molar-refractivity contribution in [3.8, 4) is 0 Å². The molecule has 0 atom stereocenters. The number of thiazole rings is 1. The number of hydrogen-bond donors (Lipinski definition) is 1. The Labute approximate surface area is 109 Å². The molecule has 1 rings (SSSR count). The lowest BCUT2D eigenvalue weighted by Gasteiger charge is -2.31. The molecule has 0 aliphatic rings. The van der Waals surface area contributed by atoms with E-state index in [2.05, 4.69) is 37.6 Å². The Bertz CT molecular complexity index is 333. The van der Waals surface area contributed by atoms with Crippen LogP contribution in [0.3, 0.4) is 0 Å². The van der Waals surface area contributed by atoms with Gasteiger partial charge >= 0.3 is 0 Å². The summed E-state index contributed by atoms with van der Waals surface area (Å²) in [6.07, 6.45) is 3.18. The van der Waals surface area contributed by atoms with Gasteiger partial charge in [0.15, 0.2) is 0 Å². The van der Waals surface area contributed by atoms with Gasteiger partial charge in [-0.2, -0.15) is 0 Å². The Balaban J connectivity index is 2.60. The van der Waals surface area contributed by atoms with Gasteiger partial charge in [0.05, 0.1) is 5.01 Å². The van der Waals surface area contributed by atoms with Gasteiger partial charge in [-0.15, -0.1) is 11.3 Å². The summed E-state index contributed by atoms with van der Waals surface area (Å²) >= 11 is 1.79. The van der Waals surface area contributed by atoms with E-state index in [-0.39, 0.29) is 5.41 Å². The van der Waals surface area contributed by atoms with Gasteiger partial charge in [0, 0.05) is 24.2 Å². The highest BCUT2D eigenvalue weighted by molar-refractivity contribution is 7.11. The number of nitrogens with two attached hydrogens (primary N) is 1. The maximum Gasteiger partial charge on any atom is 0.0897 e. The average molecular weight is 255 g/mol. The number of aryl methyl sites for hydroxylation is 1. The molecule has 0 saturated heterocycles. The first kappa shape index (κ1) is 14.6. The summed E-state index contributed by atoms with van der Waals surface area (Å²) in [7, 11) is 0. The molecule has 3 nitrogen and oxygen atoms in total. The Morgan fingerprint density at radius 1 is 1.47 bits per heavy atom. The molecule has 2 N–H and O–H groups in total. The van der Waals surface area contributed by atoms with Crippen LogP contribution >= 0.6 is 11.3 Å². The number of rotatable bonds is 7. The standard InChI is InChI=1S/C13H25N3S/c1-5-6-16(10-13(3,4)9-14)8-12-7-15-11(2)17-12/h7H,5-6,8-10,14H2,1-4H3. The van der Waals surface area contributed by atoms with Crippen LogP contribution in [0, 0.1) is 12.3 Å². The molecule has 0 saturated carbocycles. The zero-order chi connectivity index (χ0) is 12.9. The summed E-state index contributed by atoms with van der Waals surface area (Å²) in [5.74, 6) is 0. The second kappa shape index (κ2) is 6.47. The third-order valence-corrected chi connectivity index (χ3v) is 3.69. The van der Waals surface area contributed by atoms with Crippen LogP contribution in [0.1, 0.15) is 37.1 Å². The van der Waals surface area contributed by atoms with Crippen LogP contribution in [0.15, 0.2) is 6.20 Å². The smallest absolute Gasteiger partial charge is 0.0897 e. The van der Waals surface area contributed by atoms with Crippen molar-refractivity contribution in [1.82, 2.24) is 9.88 Å². The van der Waals surface area contributed by atoms with Gasteiger partial charge in [-0.05, 0) is 31.8 Å². The largest absolute Gasteiger partial charge is 0.330 e. The Kier molecular flexibility index (Phi) is 5.56. The molecular weight excluding hydrogens is 230 g/mol. The number of aromatic nitrogens is 1. The highest BCUT2D eigenvalue weighted by Gasteiger charge is 2.20. The zero-order valence-electron chi connectivity index (χ0n) is 11.5. The Hall–Kier alpha value is -0.450. The first-order valence-corrected chi connectivity index (χ1v) is 7.12. The summed E-state index contributed by atoms with van der Waals surface area (Å²) in [4.78, 5) is 8.15. The summed E-state index contributed by atoms with van der Waals surface area (Å²) in [5, 5.41) is 1.15. The van der Waals surface area contributed by atoms with Crippen LogP contribution in [0.25, 0.3) is 0 Å². The van der Waals surface area contributed by atoms with E-state index in [0.29, 0.717) is 0 Å². The van der Waals surface area contributed by atoms with Crippen molar-refractivity contribution in [1.29, 1.82) is 0 Å². The highest BCUT2D eigenvalue weighted by Crippen LogP contribution is 2.19. The molecule has 0 amide bonds. The minimum Gasteiger partial charge on any atom is -0.330 e. The monoisotopic (exact) mass is 255 g/mol. The summed E-state index contributed by atoms with van der Waals surface area (Å²) in [5.41, 5.74) is 6.00. The van der Waals surface area contributed by atoms with Crippen LogP contribution in [0.5, 0.6) is 0 Å². The second-order valence-electron chi connectivity index (χ2n) is 5.42. The third kappa shape index (κ3) is 5.15. The summed E-state index contributed by atoms with van der Waals surface area (Å²) in [6, 6.07) is 0. The normalized spacial score (nSPS) is 12.4. The summed E-state index contributed by atoms with van der Waals surface area (Å²) in [6.45, 7) is 12.6. The average Bonchev–Trinajstić information content (AvgIpc) is 2.64. The van der Waals surface area contributed by atoms with Crippen molar-refractivity contribution < 1.29 is 0 Å². The maximum absolute atomic E-state index is 5.81. The van der Waals surface area contributed by atoms with E-state index in [9.17, 15) is 0 Å². The predicted molar refractivity (Wildman–Crippen MR) is 75.3 cm³/mol. The molecule has 0 unspecified atom stereocenters. The minimum absolute atomic E-state index is 0.189. The van der Waals surface area contributed by atoms with Gasteiger partial charge in [-0.3, -0.25) is 4.90 Å². The highest BCUT2D eigenvalue weighted by atomic mass is 32.1. The maximum atomic E-state index is 5.81. The molecule has 0 bridgehead atoms. The van der Waals surface area contributed by atoms with Crippen LogP contribution in [-0.4, -0.2) is 29.5 Å². The minimum atomic E-state index is 0.189. The SMILES string of the molecule is CCCN(Cc1cnc(C)s1)CC(C)(C)CN. The van der Waals surface area contributed by atoms with Crippen LogP contribution in [0.4, 0.5) is 0 Å². The molecule has 1 aromatic rings. The van der Waals surface area contributed by atoms with Gasteiger partial charge < -0.3 is 5.73 Å². The van der Waals surface area contributed by atoms with E-state index in [1.165, 1.54) is 11.3 Å². The van der Waals surface area contributed by atoms with Crippen molar-refractivity contribution in [3.63, 3.8) is 0 Å². The second-order valence-corrected chi connectivity index (χ2v) is 6.74. The quantitative estimate of drug-likeness (QED) is 0.814. The van der Waals surface area contributed by atoms with E-state index in [4.69, 9.17) is 5.73 Å². The fourth-order valence-electron chi connectivity index (χ4n) is 1.90. The Morgan fingerprint density at radius 3 is 2.65 bits per heavy atom. The van der Waals surface area contributed by atoms with Gasteiger partial charge in [0.25, 0.3) is 0 Å². The number of nitrogens with zero attached hydrogens (tertiary/aromatic N) is 2. The van der Waals surface area contributed by atoms with Crippen LogP contribution in [0.2, 0.25) is 0 Å². The molecule has 0 aliphatic carbocycles. The molecular formula is C13H25N3S. The van der Waals surface area contributed by atoms with Gasteiger partial charge in [0.1, 0.15) is 0 Å². The van der Waals surface area contributed by atoms with Crippen LogP contribution < -0.4 is 5.73 Å². The molecule has 4 heteroatoms. The van der Waals surface area contributed by atoms with Gasteiger partial charge in [-0.1, -0.05) is 20.8 Å². The first-order valence-electron chi connectivity index (χ1n) is 6.30. The van der Waals surface area contributed by atoms with E-state index in [1.54, 1.807) is 11.3 Å². The lowest BCUT2D eigenvalue weighted by atomic mass is 9.93. The third-order valence-electron chi connectivity index (χ3n) is 2.79. The fourth-order valence-corrected chi connectivity index (χ4v) is 2.74. The van der Waals surface area contributed by atoms with E-state index < -0.39 is 0 Å². The fraction of sp³-hybridized carbons (Fsp3) is 0.769. The number of hydrogen-bond acceptors (Lipinski definition) is 4. The molecule has 1 heterocycles. The van der Waals surface area contributed by atoms with Crippen molar-refractivity contribution in [2.75, 3.05) is 19.6 Å². The molecule has 17 heavy (non-hydrogen) atoms. The first-order chi connectivity index (χ1) is 7.96. The molecule has 1 aromatic heterocycles. The van der Waals surface area contributed by atoms with Crippen LogP contribution in [-0.2, 0) is 6.54 Å². The van der Waals surface area contributed by atoms with Crippen molar-refractivity contribution in [3.05, 3.63) is 16.1 Å². The van der Waals surface area contributed by atoms with Gasteiger partial charge in [-0.25, -0.2) is 4.98 Å². The lowest BCUT2D eigenvalue weighted by Crippen LogP contribution is -2.38. The van der Waals surface area contributed by atoms with Crippen molar-refractivity contribution in [2.24, 2.45) is 11.1 Å². The van der Waals surface area contributed by atoms with Crippen molar-refractivity contribution >= 4 is 11.3 Å². The van der Waals surface area contributed by atoms with Gasteiger partial charge in [0.2, 0.25) is 0 Å². The van der Waals surface area contributed by atoms with E-state index >= 15 is 0 Å². The zero-order valence-corrected chi connectivity index (χ0v) is 12.3. The Morgan fingerprint density at radius 2 is 2.18 bits per heavy atom. The predicted octanol–water partition coefficient (Wildman–Crippen LogP) is 2.65. The molecule has 0 aromatic carbocycles. The lowest BCUT2D eigenvalue weighted by molar-refractivity contribution is 0.177. The van der Waals surface area contributed by atoms with E-state index in [0.717, 1.165) is 31.2 Å². The molecule has 0 radical (unpaired) electrons. The topological polar surface area (TPSA) is 42.2 Å². The molecule has 0 spiro atoms. The van der Waals surface area contributed by atoms with Crippen molar-refractivity contribution in [2.45, 2.75) is 40.7 Å². The summed E-state index contributed by atoms with van der Waals surface area (Å²) < 4.78 is 0. The molecule has 98 valence electrons. The molecule has 0 fully saturated rings.